The molecule has 12 heteroatoms. The van der Waals surface area contributed by atoms with Crippen LogP contribution in [0.15, 0.2) is 12.7 Å². The summed E-state index contributed by atoms with van der Waals surface area (Å²) in [4.78, 5) is 17.2. The molecule has 0 aromatic carbocycles. The lowest BCUT2D eigenvalue weighted by atomic mass is 10.4. The average Bonchev–Trinajstić information content (AvgIpc) is 2.96. The number of imidazole rings is 1. The van der Waals surface area contributed by atoms with Gasteiger partial charge in [0, 0.05) is 0 Å². The third kappa shape index (κ3) is 4.09. The highest BCUT2D eigenvalue weighted by Crippen LogP contribution is 2.24. The van der Waals surface area contributed by atoms with Gasteiger partial charge < -0.3 is 20.8 Å². The van der Waals surface area contributed by atoms with Crippen molar-refractivity contribution >= 4 is 25.4 Å². The lowest BCUT2D eigenvalue weighted by Gasteiger charge is -2.21. The van der Waals surface area contributed by atoms with Crippen LogP contribution < -0.4 is 10.6 Å². The molecular formula is C11H17N5O6P+. The predicted molar refractivity (Wildman–Crippen MR) is 78.7 cm³/mol. The number of hydrogen-bond donors (Lipinski definition) is 3. The number of rotatable bonds is 9. The van der Waals surface area contributed by atoms with E-state index >= 15 is 0 Å². The highest BCUT2D eigenvalue weighted by Gasteiger charge is 2.42. The molecule has 0 radical (unpaired) electrons. The van der Waals surface area contributed by atoms with Crippen LogP contribution in [0.2, 0.25) is 0 Å². The second-order valence-electron chi connectivity index (χ2n) is 4.34. The van der Waals surface area contributed by atoms with Crippen molar-refractivity contribution in [1.82, 2.24) is 19.7 Å². The predicted octanol–water partition coefficient (Wildman–Crippen LogP) is -1.12. The Morgan fingerprint density at radius 3 is 2.91 bits per heavy atom. The largest absolute Gasteiger partial charge is 0.494 e. The summed E-state index contributed by atoms with van der Waals surface area (Å²) >= 11 is 0. The fourth-order valence-corrected chi connectivity index (χ4v) is 2.14. The molecule has 0 aliphatic rings. The lowest BCUT2D eigenvalue weighted by molar-refractivity contribution is -0.320. The smallest absolute Gasteiger partial charge is 0.408 e. The van der Waals surface area contributed by atoms with Crippen molar-refractivity contribution in [3.63, 3.8) is 0 Å². The van der Waals surface area contributed by atoms with Crippen molar-refractivity contribution in [1.29, 1.82) is 0 Å². The number of aliphatic hydroxyl groups is 2. The van der Waals surface area contributed by atoms with Crippen LogP contribution in [0.5, 0.6) is 0 Å². The summed E-state index contributed by atoms with van der Waals surface area (Å²) in [6.07, 6.45) is 1.59. The summed E-state index contributed by atoms with van der Waals surface area (Å²) in [5, 5.41) is 19.1. The Bertz CT molecular complexity index is 669. The first kappa shape index (κ1) is 17.4. The van der Waals surface area contributed by atoms with Crippen LogP contribution in [0.1, 0.15) is 6.92 Å². The Morgan fingerprint density at radius 1 is 1.48 bits per heavy atom. The van der Waals surface area contributed by atoms with Gasteiger partial charge in [0.1, 0.15) is 25.4 Å². The van der Waals surface area contributed by atoms with Gasteiger partial charge in [0.2, 0.25) is 5.65 Å². The van der Waals surface area contributed by atoms with Crippen LogP contribution in [0.3, 0.4) is 0 Å². The first-order chi connectivity index (χ1) is 11.0. The van der Waals surface area contributed by atoms with Crippen molar-refractivity contribution in [3.05, 3.63) is 12.7 Å². The molecule has 23 heavy (non-hydrogen) atoms. The zero-order valence-corrected chi connectivity index (χ0v) is 13.2. The summed E-state index contributed by atoms with van der Waals surface area (Å²) in [5.41, 5.74) is 4.05. The van der Waals surface area contributed by atoms with Gasteiger partial charge in [-0.2, -0.15) is 4.73 Å². The molecule has 0 amide bonds. The molecule has 2 aromatic rings. The third-order valence-corrected chi connectivity index (χ3v) is 3.25. The molecule has 11 nitrogen and oxygen atoms in total. The van der Waals surface area contributed by atoms with Gasteiger partial charge in [-0.05, 0) is 6.92 Å². The Kier molecular flexibility index (Phi) is 5.74. The molecule has 0 saturated heterocycles. The highest BCUT2D eigenvalue weighted by molar-refractivity contribution is 7.25. The zero-order chi connectivity index (χ0) is 16.9. The van der Waals surface area contributed by atoms with Crippen LogP contribution in [-0.4, -0.2) is 61.5 Å². The molecule has 126 valence electrons. The second kappa shape index (κ2) is 7.57. The van der Waals surface area contributed by atoms with Crippen LogP contribution in [0.25, 0.3) is 11.2 Å². The lowest BCUT2D eigenvalue weighted by Crippen LogP contribution is -2.39. The number of aliphatic hydroxyl groups excluding tert-OH is 1. The van der Waals surface area contributed by atoms with Crippen molar-refractivity contribution < 1.29 is 29.1 Å². The monoisotopic (exact) mass is 346 g/mol. The number of anilines is 1. The normalized spacial score (nSPS) is 15.6. The van der Waals surface area contributed by atoms with Gasteiger partial charge in [-0.3, -0.25) is 9.47 Å². The fraction of sp³-hybridized carbons (Fsp3) is 0.545. The Hall–Kier alpha value is -1.91. The number of hydrogen-bond acceptors (Lipinski definition) is 10. The molecule has 0 spiro atoms. The topological polar surface area (TPSA) is 155 Å². The van der Waals surface area contributed by atoms with E-state index in [1.54, 1.807) is 6.92 Å². The molecule has 2 heterocycles. The van der Waals surface area contributed by atoms with Gasteiger partial charge in [-0.15, -0.1) is 0 Å². The maximum atomic E-state index is 11.0. The second-order valence-corrected chi connectivity index (χ2v) is 5.17. The van der Waals surface area contributed by atoms with E-state index in [1.165, 1.54) is 17.4 Å². The van der Waals surface area contributed by atoms with E-state index in [-0.39, 0.29) is 19.0 Å². The van der Waals surface area contributed by atoms with Crippen LogP contribution in [0.4, 0.5) is 5.82 Å². The number of ether oxygens (including phenoxy) is 2. The van der Waals surface area contributed by atoms with Crippen molar-refractivity contribution in [2.24, 2.45) is 0 Å². The molecule has 4 N–H and O–H groups in total. The van der Waals surface area contributed by atoms with Gasteiger partial charge in [0.15, 0.2) is 11.3 Å². The zero-order valence-electron chi connectivity index (χ0n) is 12.2. The molecule has 0 fully saturated rings. The van der Waals surface area contributed by atoms with Crippen LogP contribution in [0, 0.1) is 0 Å². The van der Waals surface area contributed by atoms with E-state index < -0.39 is 26.9 Å². The van der Waals surface area contributed by atoms with Gasteiger partial charge >= 0.3 is 14.2 Å². The van der Waals surface area contributed by atoms with E-state index in [0.717, 1.165) is 0 Å². The molecule has 0 aliphatic heterocycles. The van der Waals surface area contributed by atoms with E-state index in [1.807, 2.05) is 0 Å². The van der Waals surface area contributed by atoms with E-state index in [9.17, 15) is 14.8 Å². The van der Waals surface area contributed by atoms with Gasteiger partial charge in [0.05, 0.1) is 13.2 Å². The molecule has 0 saturated carbocycles. The fourth-order valence-electron chi connectivity index (χ4n) is 1.72. The summed E-state index contributed by atoms with van der Waals surface area (Å²) < 4.78 is 22.1. The third-order valence-electron chi connectivity index (χ3n) is 2.73. The SMILES string of the molecule is CCOC(O)(OC(CO)COn1cnc2c(N)ncnc21)[PH+]=O. The molecule has 2 aromatic heterocycles. The molecular weight excluding hydrogens is 329 g/mol. The molecule has 0 aliphatic carbocycles. The summed E-state index contributed by atoms with van der Waals surface area (Å²) in [6, 6.07) is 0. The van der Waals surface area contributed by atoms with Gasteiger partial charge in [0.25, 0.3) is 0 Å². The van der Waals surface area contributed by atoms with Crippen molar-refractivity contribution in [3.8, 4) is 0 Å². The maximum Gasteiger partial charge on any atom is 0.494 e. The minimum Gasteiger partial charge on any atom is -0.408 e. The molecule has 3 atom stereocenters. The summed E-state index contributed by atoms with van der Waals surface area (Å²) in [5.74, 6) is 0.200. The minimum absolute atomic E-state index is 0.0765. The Labute approximate surface area is 132 Å². The number of nitrogens with zero attached hydrogens (tertiary/aromatic N) is 4. The first-order valence-corrected chi connectivity index (χ1v) is 7.55. The first-order valence-electron chi connectivity index (χ1n) is 6.64. The summed E-state index contributed by atoms with van der Waals surface area (Å²) in [6.45, 7) is 0.989. The molecule has 2 rings (SSSR count). The van der Waals surface area contributed by atoms with Crippen molar-refractivity contribution in [2.75, 3.05) is 25.6 Å². The minimum atomic E-state index is -2.30. The van der Waals surface area contributed by atoms with Crippen LogP contribution >= 0.6 is 8.46 Å². The van der Waals surface area contributed by atoms with E-state index in [2.05, 4.69) is 15.0 Å². The Morgan fingerprint density at radius 2 is 2.26 bits per heavy atom. The summed E-state index contributed by atoms with van der Waals surface area (Å²) in [7, 11) is -1.30. The van der Waals surface area contributed by atoms with Crippen molar-refractivity contribution in [2.45, 2.75) is 18.7 Å². The van der Waals surface area contributed by atoms with Gasteiger partial charge in [-0.25, -0.2) is 15.0 Å². The number of nitrogens with two attached hydrogens (primary N) is 1. The molecule has 3 unspecified atom stereocenters. The standard InChI is InChI=1S/C11H16N5O6P/c1-2-20-11(18,23-19)22-7(3-17)4-21-16-6-15-8-9(12)13-5-14-10(8)16/h5-7,17-18H,2-4H2,1H3,(H2,12,13,14)/p+1. The number of aromatic nitrogens is 4. The Balaban J connectivity index is 2.05. The van der Waals surface area contributed by atoms with Crippen LogP contribution in [-0.2, 0) is 14.0 Å². The quantitative estimate of drug-likeness (QED) is 0.375. The van der Waals surface area contributed by atoms with E-state index in [4.69, 9.17) is 20.0 Å². The molecule has 0 bridgehead atoms. The number of nitrogen functional groups attached to an aromatic ring is 1. The maximum absolute atomic E-state index is 11.0. The van der Waals surface area contributed by atoms with Gasteiger partial charge in [-0.1, -0.05) is 4.57 Å². The van der Waals surface area contributed by atoms with E-state index in [0.29, 0.717) is 11.2 Å². The average molecular weight is 346 g/mol. The highest BCUT2D eigenvalue weighted by atomic mass is 31.1. The number of fused-ring (bicyclic) bond motifs is 1.